The largest absolute Gasteiger partial charge is 0.271 e. The quantitative estimate of drug-likeness (QED) is 0.475. The van der Waals surface area contributed by atoms with Crippen molar-refractivity contribution in [3.8, 4) is 0 Å². The lowest BCUT2D eigenvalue weighted by Crippen LogP contribution is -2.38. The summed E-state index contributed by atoms with van der Waals surface area (Å²) in [6.07, 6.45) is 10.0. The van der Waals surface area contributed by atoms with Crippen LogP contribution in [-0.4, -0.2) is 6.04 Å². The second-order valence-electron chi connectivity index (χ2n) is 5.90. The fourth-order valence-electron chi connectivity index (χ4n) is 3.16. The van der Waals surface area contributed by atoms with E-state index in [9.17, 15) is 4.39 Å². The molecule has 1 unspecified atom stereocenters. The third-order valence-electron chi connectivity index (χ3n) is 4.31. The minimum atomic E-state index is -0.207. The van der Waals surface area contributed by atoms with E-state index >= 15 is 0 Å². The smallest absolute Gasteiger partial charge is 0.124 e. The van der Waals surface area contributed by atoms with Gasteiger partial charge >= 0.3 is 0 Å². The Kier molecular flexibility index (Phi) is 6.46. The van der Waals surface area contributed by atoms with Gasteiger partial charge in [0.05, 0.1) is 0 Å². The number of hydrazine groups is 1. The average molecular weight is 343 g/mol. The molecule has 0 spiro atoms. The fourth-order valence-corrected chi connectivity index (χ4v) is 3.68. The van der Waals surface area contributed by atoms with Crippen molar-refractivity contribution in [2.45, 2.75) is 57.4 Å². The van der Waals surface area contributed by atoms with Crippen LogP contribution < -0.4 is 11.3 Å². The van der Waals surface area contributed by atoms with E-state index in [1.807, 2.05) is 6.07 Å². The lowest BCUT2D eigenvalue weighted by molar-refractivity contribution is 0.352. The van der Waals surface area contributed by atoms with Gasteiger partial charge in [0, 0.05) is 10.5 Å². The van der Waals surface area contributed by atoms with Gasteiger partial charge in [0.25, 0.3) is 0 Å². The molecule has 2 nitrogen and oxygen atoms in total. The van der Waals surface area contributed by atoms with Gasteiger partial charge in [-0.2, -0.15) is 0 Å². The molecule has 0 radical (unpaired) electrons. The maximum Gasteiger partial charge on any atom is 0.124 e. The maximum atomic E-state index is 13.1. The zero-order valence-electron chi connectivity index (χ0n) is 11.9. The fraction of sp³-hybridized carbons (Fsp3) is 0.625. The number of halogens is 2. The molecule has 2 rings (SSSR count). The molecule has 3 N–H and O–H groups in total. The summed E-state index contributed by atoms with van der Waals surface area (Å²) in [5.74, 6) is 6.29. The van der Waals surface area contributed by atoms with E-state index in [1.54, 1.807) is 0 Å². The van der Waals surface area contributed by atoms with Gasteiger partial charge in [-0.05, 0) is 36.5 Å². The van der Waals surface area contributed by atoms with Crippen LogP contribution in [0.5, 0.6) is 0 Å². The van der Waals surface area contributed by atoms with Gasteiger partial charge in [-0.1, -0.05) is 60.5 Å². The Labute approximate surface area is 129 Å². The Hall–Kier alpha value is -0.450. The molecule has 0 amide bonds. The highest BCUT2D eigenvalue weighted by Crippen LogP contribution is 2.28. The van der Waals surface area contributed by atoms with Gasteiger partial charge in [-0.25, -0.2) is 4.39 Å². The average Bonchev–Trinajstić information content (AvgIpc) is 2.69. The molecule has 0 aliphatic heterocycles. The van der Waals surface area contributed by atoms with E-state index in [-0.39, 0.29) is 11.9 Å². The molecule has 112 valence electrons. The first-order chi connectivity index (χ1) is 9.69. The minimum absolute atomic E-state index is 0.207. The van der Waals surface area contributed by atoms with E-state index in [0.29, 0.717) is 0 Å². The van der Waals surface area contributed by atoms with Gasteiger partial charge in [-0.15, -0.1) is 0 Å². The zero-order valence-corrected chi connectivity index (χ0v) is 13.5. The lowest BCUT2D eigenvalue weighted by Gasteiger charge is -2.22. The number of hydrogen-bond donors (Lipinski definition) is 2. The molecule has 0 bridgehead atoms. The van der Waals surface area contributed by atoms with Gasteiger partial charge in [-0.3, -0.25) is 11.3 Å². The Bertz CT molecular complexity index is 417. The molecule has 1 aromatic carbocycles. The van der Waals surface area contributed by atoms with Gasteiger partial charge in [0.15, 0.2) is 0 Å². The van der Waals surface area contributed by atoms with Crippen LogP contribution in [-0.2, 0) is 6.42 Å². The molecular weight excluding hydrogens is 319 g/mol. The van der Waals surface area contributed by atoms with E-state index in [4.69, 9.17) is 5.84 Å². The van der Waals surface area contributed by atoms with Crippen molar-refractivity contribution in [1.82, 2.24) is 5.43 Å². The van der Waals surface area contributed by atoms with Crippen molar-refractivity contribution in [2.24, 2.45) is 11.8 Å². The molecule has 1 aliphatic rings. The highest BCUT2D eigenvalue weighted by Gasteiger charge is 2.18. The topological polar surface area (TPSA) is 38.0 Å². The van der Waals surface area contributed by atoms with Crippen molar-refractivity contribution < 1.29 is 4.39 Å². The van der Waals surface area contributed by atoms with E-state index in [2.05, 4.69) is 21.4 Å². The summed E-state index contributed by atoms with van der Waals surface area (Å²) < 4.78 is 13.9. The number of benzene rings is 1. The van der Waals surface area contributed by atoms with Crippen LogP contribution in [0, 0.1) is 11.7 Å². The first-order valence-corrected chi connectivity index (χ1v) is 8.38. The highest BCUT2D eigenvalue weighted by molar-refractivity contribution is 9.10. The molecular formula is C16H24BrFN2. The lowest BCUT2D eigenvalue weighted by atomic mass is 9.90. The summed E-state index contributed by atoms with van der Waals surface area (Å²) in [7, 11) is 0. The molecule has 1 saturated carbocycles. The molecule has 1 aromatic rings. The Morgan fingerprint density at radius 3 is 2.55 bits per heavy atom. The van der Waals surface area contributed by atoms with E-state index < -0.39 is 0 Å². The number of rotatable bonds is 5. The third-order valence-corrected chi connectivity index (χ3v) is 5.05. The second kappa shape index (κ2) is 8.11. The normalized spacial score (nSPS) is 18.8. The molecule has 4 heteroatoms. The summed E-state index contributed by atoms with van der Waals surface area (Å²) in [4.78, 5) is 0. The molecule has 0 aromatic heterocycles. The molecule has 0 saturated heterocycles. The Morgan fingerprint density at radius 2 is 1.95 bits per heavy atom. The molecule has 20 heavy (non-hydrogen) atoms. The molecule has 1 aliphatic carbocycles. The predicted octanol–water partition coefficient (Wildman–Crippen LogP) is 4.32. The molecule has 1 fully saturated rings. The number of nitrogens with one attached hydrogen (secondary N) is 1. The van der Waals surface area contributed by atoms with Crippen molar-refractivity contribution in [3.63, 3.8) is 0 Å². The standard InChI is InChI=1S/C16H24BrFN2/c17-16-11-14(18)8-7-13(16)10-15(20-19)9-12-5-3-1-2-4-6-12/h7-8,11-12,15,20H,1-6,9-10,19H2. The minimum Gasteiger partial charge on any atom is -0.271 e. The third kappa shape index (κ3) is 4.83. The van der Waals surface area contributed by atoms with Crippen LogP contribution in [0.1, 0.15) is 50.5 Å². The zero-order chi connectivity index (χ0) is 14.4. The van der Waals surface area contributed by atoms with Crippen molar-refractivity contribution in [2.75, 3.05) is 0 Å². The monoisotopic (exact) mass is 342 g/mol. The van der Waals surface area contributed by atoms with Crippen molar-refractivity contribution in [3.05, 3.63) is 34.1 Å². The number of nitrogens with two attached hydrogens (primary N) is 1. The summed E-state index contributed by atoms with van der Waals surface area (Å²) in [5.41, 5.74) is 4.06. The number of hydrogen-bond acceptors (Lipinski definition) is 2. The van der Waals surface area contributed by atoms with Gasteiger partial charge in [0.1, 0.15) is 5.82 Å². The first kappa shape index (κ1) is 15.9. The second-order valence-corrected chi connectivity index (χ2v) is 6.75. The summed E-state index contributed by atoms with van der Waals surface area (Å²) in [6.45, 7) is 0. The Morgan fingerprint density at radius 1 is 1.25 bits per heavy atom. The van der Waals surface area contributed by atoms with Gasteiger partial charge in [0.2, 0.25) is 0 Å². The predicted molar refractivity (Wildman–Crippen MR) is 84.7 cm³/mol. The first-order valence-electron chi connectivity index (χ1n) is 7.59. The van der Waals surface area contributed by atoms with Crippen LogP contribution in [0.25, 0.3) is 0 Å². The van der Waals surface area contributed by atoms with Crippen molar-refractivity contribution in [1.29, 1.82) is 0 Å². The van der Waals surface area contributed by atoms with E-state index in [0.717, 1.165) is 28.8 Å². The summed E-state index contributed by atoms with van der Waals surface area (Å²) in [6, 6.07) is 5.14. The SMILES string of the molecule is NNC(Cc1ccc(F)cc1Br)CC1CCCCCC1. The van der Waals surface area contributed by atoms with Gasteiger partial charge < -0.3 is 0 Å². The van der Waals surface area contributed by atoms with Crippen LogP contribution in [0.3, 0.4) is 0 Å². The van der Waals surface area contributed by atoms with Crippen LogP contribution in [0.4, 0.5) is 4.39 Å². The van der Waals surface area contributed by atoms with Crippen molar-refractivity contribution >= 4 is 15.9 Å². The molecule has 1 atom stereocenters. The van der Waals surface area contributed by atoms with Crippen LogP contribution in [0.2, 0.25) is 0 Å². The van der Waals surface area contributed by atoms with E-state index in [1.165, 1.54) is 50.7 Å². The summed E-state index contributed by atoms with van der Waals surface area (Å²) >= 11 is 3.43. The Balaban J connectivity index is 1.93. The highest BCUT2D eigenvalue weighted by atomic mass is 79.9. The van der Waals surface area contributed by atoms with Crippen LogP contribution >= 0.6 is 15.9 Å². The van der Waals surface area contributed by atoms with Crippen LogP contribution in [0.15, 0.2) is 22.7 Å². The summed E-state index contributed by atoms with van der Waals surface area (Å²) in [5, 5.41) is 0. The maximum absolute atomic E-state index is 13.1. The molecule has 0 heterocycles.